The smallest absolute Gasteiger partial charge is 0.211 e. The summed E-state index contributed by atoms with van der Waals surface area (Å²) in [5.74, 6) is 5.25. The molecule has 1 aliphatic heterocycles. The molecule has 0 saturated carbocycles. The zero-order valence-corrected chi connectivity index (χ0v) is 12.8. The van der Waals surface area contributed by atoms with E-state index in [1.165, 1.54) is 28.9 Å². The molecule has 2 rings (SSSR count). The maximum atomic E-state index is 13.8. The Balaban J connectivity index is 2.07. The lowest BCUT2D eigenvalue weighted by Gasteiger charge is -2.32. The fourth-order valence-electron chi connectivity index (χ4n) is 2.77. The van der Waals surface area contributed by atoms with E-state index >= 15 is 0 Å². The average Bonchev–Trinajstić information content (AvgIpc) is 2.45. The number of hydrogen-bond donors (Lipinski definition) is 2. The van der Waals surface area contributed by atoms with Gasteiger partial charge in [-0.1, -0.05) is 0 Å². The third-order valence-corrected chi connectivity index (χ3v) is 5.11. The average molecular weight is 316 g/mol. The zero-order chi connectivity index (χ0) is 15.5. The van der Waals surface area contributed by atoms with E-state index in [4.69, 9.17) is 5.84 Å². The van der Waals surface area contributed by atoms with Crippen LogP contribution in [0.3, 0.4) is 0 Å². The van der Waals surface area contributed by atoms with Gasteiger partial charge in [-0.3, -0.25) is 16.3 Å². The molecule has 1 fully saturated rings. The molecule has 8 heteroatoms. The first kappa shape index (κ1) is 16.3. The van der Waals surface area contributed by atoms with Gasteiger partial charge in [-0.15, -0.1) is 0 Å². The number of hydrogen-bond acceptors (Lipinski definition) is 5. The minimum absolute atomic E-state index is 0.135. The largest absolute Gasteiger partial charge is 0.271 e. The molecule has 0 radical (unpaired) electrons. The fourth-order valence-corrected chi connectivity index (χ4v) is 3.71. The first-order chi connectivity index (χ1) is 9.91. The van der Waals surface area contributed by atoms with Crippen molar-refractivity contribution in [2.75, 3.05) is 19.3 Å². The van der Waals surface area contributed by atoms with Gasteiger partial charge in [-0.2, -0.15) is 0 Å². The molecule has 0 bridgehead atoms. The molecule has 0 spiro atoms. The predicted molar refractivity (Wildman–Crippen MR) is 78.0 cm³/mol. The number of nitrogens with zero attached hydrogens (tertiary/aromatic N) is 2. The van der Waals surface area contributed by atoms with E-state index in [0.29, 0.717) is 19.5 Å². The summed E-state index contributed by atoms with van der Waals surface area (Å²) in [7, 11) is -3.18. The van der Waals surface area contributed by atoms with Gasteiger partial charge in [0.05, 0.1) is 18.0 Å². The van der Waals surface area contributed by atoms with Crippen LogP contribution in [0.4, 0.5) is 4.39 Å². The lowest BCUT2D eigenvalue weighted by molar-refractivity contribution is 0.236. The van der Waals surface area contributed by atoms with E-state index in [0.717, 1.165) is 12.8 Å². The van der Waals surface area contributed by atoms with Crippen molar-refractivity contribution >= 4 is 10.0 Å². The second-order valence-electron chi connectivity index (χ2n) is 5.45. The number of nitrogens with one attached hydrogen (secondary N) is 1. The van der Waals surface area contributed by atoms with Crippen molar-refractivity contribution in [2.24, 2.45) is 11.8 Å². The van der Waals surface area contributed by atoms with Crippen LogP contribution in [0.2, 0.25) is 0 Å². The number of rotatable bonds is 5. The summed E-state index contributed by atoms with van der Waals surface area (Å²) in [5.41, 5.74) is 2.86. The minimum atomic E-state index is -3.18. The Morgan fingerprint density at radius 1 is 1.62 bits per heavy atom. The molecule has 6 nitrogen and oxygen atoms in total. The quantitative estimate of drug-likeness (QED) is 0.619. The lowest BCUT2D eigenvalue weighted by Crippen LogP contribution is -2.41. The Bertz CT molecular complexity index is 581. The summed E-state index contributed by atoms with van der Waals surface area (Å²) in [6, 6.07) is 2.45. The zero-order valence-electron chi connectivity index (χ0n) is 12.0. The van der Waals surface area contributed by atoms with Crippen LogP contribution in [0, 0.1) is 11.7 Å². The molecular formula is C13H21FN4O2S. The minimum Gasteiger partial charge on any atom is -0.271 e. The molecule has 2 unspecified atom stereocenters. The van der Waals surface area contributed by atoms with Crippen LogP contribution >= 0.6 is 0 Å². The second-order valence-corrected chi connectivity index (χ2v) is 7.44. The second kappa shape index (κ2) is 6.78. The molecule has 2 heterocycles. The number of piperidine rings is 1. The highest BCUT2D eigenvalue weighted by Gasteiger charge is 2.28. The Labute approximate surface area is 124 Å². The number of aromatic nitrogens is 1. The van der Waals surface area contributed by atoms with Gasteiger partial charge in [0.15, 0.2) is 0 Å². The summed E-state index contributed by atoms with van der Waals surface area (Å²) in [6.07, 6.45) is 4.99. The SMILES string of the molecule is CS(=O)(=O)N1CCCC(CC(NN)c2ncccc2F)C1. The summed E-state index contributed by atoms with van der Waals surface area (Å²) in [4.78, 5) is 4.03. The van der Waals surface area contributed by atoms with Gasteiger partial charge in [0.25, 0.3) is 0 Å². The summed E-state index contributed by atoms with van der Waals surface area (Å²) in [6.45, 7) is 0.999. The van der Waals surface area contributed by atoms with Gasteiger partial charge >= 0.3 is 0 Å². The van der Waals surface area contributed by atoms with Gasteiger partial charge in [0, 0.05) is 19.3 Å². The van der Waals surface area contributed by atoms with Gasteiger partial charge in [-0.25, -0.2) is 17.1 Å². The molecule has 1 aromatic heterocycles. The maximum Gasteiger partial charge on any atom is 0.211 e. The van der Waals surface area contributed by atoms with Crippen LogP contribution < -0.4 is 11.3 Å². The van der Waals surface area contributed by atoms with Gasteiger partial charge in [0.2, 0.25) is 10.0 Å². The summed E-state index contributed by atoms with van der Waals surface area (Å²) >= 11 is 0. The molecule has 1 aliphatic rings. The van der Waals surface area contributed by atoms with E-state index in [1.807, 2.05) is 0 Å². The maximum absolute atomic E-state index is 13.8. The van der Waals surface area contributed by atoms with Crippen LogP contribution in [0.5, 0.6) is 0 Å². The van der Waals surface area contributed by atoms with E-state index < -0.39 is 21.9 Å². The molecule has 0 aliphatic carbocycles. The summed E-state index contributed by atoms with van der Waals surface area (Å²) in [5, 5.41) is 0. The molecule has 0 aromatic carbocycles. The first-order valence-corrected chi connectivity index (χ1v) is 8.78. The topological polar surface area (TPSA) is 88.3 Å². The van der Waals surface area contributed by atoms with E-state index in [1.54, 1.807) is 0 Å². The van der Waals surface area contributed by atoms with Gasteiger partial charge in [0.1, 0.15) is 5.82 Å². The molecule has 0 amide bonds. The first-order valence-electron chi connectivity index (χ1n) is 6.93. The van der Waals surface area contributed by atoms with Crippen molar-refractivity contribution in [1.29, 1.82) is 0 Å². The highest BCUT2D eigenvalue weighted by molar-refractivity contribution is 7.88. The summed E-state index contributed by atoms with van der Waals surface area (Å²) < 4.78 is 38.5. The van der Waals surface area contributed by atoms with Gasteiger partial charge in [-0.05, 0) is 37.3 Å². The van der Waals surface area contributed by atoms with Crippen molar-refractivity contribution in [3.8, 4) is 0 Å². The molecule has 1 saturated heterocycles. The monoisotopic (exact) mass is 316 g/mol. The van der Waals surface area contributed by atoms with E-state index in [9.17, 15) is 12.8 Å². The Hall–Kier alpha value is -1.09. The molecule has 1 aromatic rings. The van der Waals surface area contributed by atoms with Crippen LogP contribution in [-0.4, -0.2) is 37.1 Å². The van der Waals surface area contributed by atoms with Crippen LogP contribution in [0.1, 0.15) is 31.0 Å². The third-order valence-electron chi connectivity index (χ3n) is 3.84. The van der Waals surface area contributed by atoms with Crippen molar-refractivity contribution in [2.45, 2.75) is 25.3 Å². The van der Waals surface area contributed by atoms with Crippen LogP contribution in [-0.2, 0) is 10.0 Å². The molecular weight excluding hydrogens is 295 g/mol. The number of pyridine rings is 1. The van der Waals surface area contributed by atoms with Crippen LogP contribution in [0.25, 0.3) is 0 Å². The third kappa shape index (κ3) is 4.19. The molecule has 118 valence electrons. The lowest BCUT2D eigenvalue weighted by atomic mass is 9.91. The van der Waals surface area contributed by atoms with Crippen LogP contribution in [0.15, 0.2) is 18.3 Å². The highest BCUT2D eigenvalue weighted by Crippen LogP contribution is 2.28. The number of sulfonamides is 1. The van der Waals surface area contributed by atoms with Crippen molar-refractivity contribution in [3.63, 3.8) is 0 Å². The van der Waals surface area contributed by atoms with Gasteiger partial charge < -0.3 is 0 Å². The van der Waals surface area contributed by atoms with Crippen molar-refractivity contribution in [3.05, 3.63) is 29.8 Å². The Morgan fingerprint density at radius 2 is 2.38 bits per heavy atom. The Kier molecular flexibility index (Phi) is 5.26. The number of nitrogens with two attached hydrogens (primary N) is 1. The van der Waals surface area contributed by atoms with E-state index in [2.05, 4.69) is 10.4 Å². The highest BCUT2D eigenvalue weighted by atomic mass is 32.2. The Morgan fingerprint density at radius 3 is 3.00 bits per heavy atom. The number of halogens is 1. The standard InChI is InChI=1S/C13H21FN4O2S/c1-21(19,20)18-7-3-4-10(9-18)8-12(17-15)13-11(14)5-2-6-16-13/h2,5-6,10,12,17H,3-4,7-9,15H2,1H3. The fraction of sp³-hybridized carbons (Fsp3) is 0.615. The van der Waals surface area contributed by atoms with Crippen molar-refractivity contribution < 1.29 is 12.8 Å². The molecule has 21 heavy (non-hydrogen) atoms. The normalized spacial score (nSPS) is 22.1. The predicted octanol–water partition coefficient (Wildman–Crippen LogP) is 0.787. The van der Waals surface area contributed by atoms with Crippen molar-refractivity contribution in [1.82, 2.24) is 14.7 Å². The number of hydrazine groups is 1. The molecule has 2 atom stereocenters. The van der Waals surface area contributed by atoms with E-state index in [-0.39, 0.29) is 11.6 Å². The molecule has 3 N–H and O–H groups in total.